The molecule has 0 saturated heterocycles. The third kappa shape index (κ3) is 4.35. The van der Waals surface area contributed by atoms with Crippen LogP contribution in [0.15, 0.2) is 47.4 Å². The second kappa shape index (κ2) is 7.91. The van der Waals surface area contributed by atoms with Crippen molar-refractivity contribution in [2.75, 3.05) is 12.8 Å². The highest BCUT2D eigenvalue weighted by molar-refractivity contribution is 7.90. The third-order valence-corrected chi connectivity index (χ3v) is 6.04. The van der Waals surface area contributed by atoms with Crippen LogP contribution in [0.25, 0.3) is 11.1 Å². The molecule has 2 N–H and O–H groups in total. The van der Waals surface area contributed by atoms with E-state index in [2.05, 4.69) is 20.5 Å². The number of carbonyl (C=O) groups excluding carboxylic acids is 1. The molecule has 8 nitrogen and oxygen atoms in total. The fourth-order valence-electron chi connectivity index (χ4n) is 3.46. The predicted molar refractivity (Wildman–Crippen MR) is 111 cm³/mol. The summed E-state index contributed by atoms with van der Waals surface area (Å²) in [5.41, 5.74) is 2.84. The van der Waals surface area contributed by atoms with Crippen molar-refractivity contribution in [2.24, 2.45) is 0 Å². The van der Waals surface area contributed by atoms with Gasteiger partial charge < -0.3 is 10.1 Å². The highest BCUT2D eigenvalue weighted by Gasteiger charge is 2.26. The normalized spacial score (nSPS) is 15.5. The minimum absolute atomic E-state index is 0.113. The molecule has 1 unspecified atom stereocenters. The lowest BCUT2D eigenvalue weighted by Crippen LogP contribution is -2.35. The minimum Gasteiger partial charge on any atom is -0.487 e. The van der Waals surface area contributed by atoms with Gasteiger partial charge in [-0.05, 0) is 30.2 Å². The fourth-order valence-corrected chi connectivity index (χ4v) is 4.09. The number of aromatic nitrogens is 3. The van der Waals surface area contributed by atoms with Gasteiger partial charge in [0.1, 0.15) is 17.7 Å². The number of para-hydroxylation sites is 1. The zero-order valence-electron chi connectivity index (χ0n) is 16.7. The van der Waals surface area contributed by atoms with Crippen molar-refractivity contribution in [3.8, 4) is 16.9 Å². The van der Waals surface area contributed by atoms with E-state index in [9.17, 15) is 13.2 Å². The lowest BCUT2D eigenvalue weighted by atomic mass is 10.0. The van der Waals surface area contributed by atoms with Crippen molar-refractivity contribution in [1.82, 2.24) is 20.5 Å². The number of fused-ring (bicyclic) bond motifs is 1. The van der Waals surface area contributed by atoms with Crippen LogP contribution in [-0.2, 0) is 27.5 Å². The first-order chi connectivity index (χ1) is 14.3. The Balaban J connectivity index is 1.42. The monoisotopic (exact) mass is 426 g/mol. The number of amides is 1. The summed E-state index contributed by atoms with van der Waals surface area (Å²) in [6.45, 7) is 2.16. The molecule has 9 heteroatoms. The Morgan fingerprint density at radius 1 is 1.23 bits per heavy atom. The van der Waals surface area contributed by atoms with E-state index >= 15 is 0 Å². The van der Waals surface area contributed by atoms with Crippen LogP contribution in [0.1, 0.15) is 17.2 Å². The highest BCUT2D eigenvalue weighted by atomic mass is 32.2. The number of H-pyrrole nitrogens is 1. The highest BCUT2D eigenvalue weighted by Crippen LogP contribution is 2.38. The molecule has 0 aliphatic carbocycles. The van der Waals surface area contributed by atoms with E-state index in [0.29, 0.717) is 24.6 Å². The van der Waals surface area contributed by atoms with Gasteiger partial charge in [0.25, 0.3) is 0 Å². The van der Waals surface area contributed by atoms with E-state index in [1.807, 2.05) is 18.2 Å². The van der Waals surface area contributed by atoms with Crippen LogP contribution < -0.4 is 10.1 Å². The van der Waals surface area contributed by atoms with E-state index in [4.69, 9.17) is 4.74 Å². The van der Waals surface area contributed by atoms with Gasteiger partial charge in [0, 0.05) is 18.2 Å². The molecule has 0 fully saturated rings. The number of aromatic amines is 1. The third-order valence-electron chi connectivity index (χ3n) is 4.91. The number of ether oxygens (including phenoxy) is 1. The summed E-state index contributed by atoms with van der Waals surface area (Å²) >= 11 is 0. The molecular formula is C21H22N4O4S. The van der Waals surface area contributed by atoms with Crippen molar-refractivity contribution in [3.63, 3.8) is 0 Å². The maximum absolute atomic E-state index is 12.1. The Morgan fingerprint density at radius 3 is 2.67 bits per heavy atom. The first-order valence-electron chi connectivity index (χ1n) is 9.53. The number of nitrogens with one attached hydrogen (secondary N) is 2. The molecule has 30 heavy (non-hydrogen) atoms. The molecule has 0 radical (unpaired) electrons. The van der Waals surface area contributed by atoms with Crippen LogP contribution in [0, 0.1) is 6.92 Å². The molecule has 1 amide bonds. The zero-order chi connectivity index (χ0) is 21.3. The van der Waals surface area contributed by atoms with Gasteiger partial charge in [0.05, 0.1) is 17.9 Å². The lowest BCUT2D eigenvalue weighted by molar-refractivity contribution is -0.120. The van der Waals surface area contributed by atoms with Crippen LogP contribution >= 0.6 is 0 Å². The van der Waals surface area contributed by atoms with E-state index in [1.165, 1.54) is 6.26 Å². The summed E-state index contributed by atoms with van der Waals surface area (Å²) in [4.78, 5) is 16.6. The fraction of sp³-hybridized carbons (Fsp3) is 0.286. The van der Waals surface area contributed by atoms with Crippen molar-refractivity contribution in [2.45, 2.75) is 30.8 Å². The summed E-state index contributed by atoms with van der Waals surface area (Å²) in [5, 5.41) is 9.56. The van der Waals surface area contributed by atoms with Gasteiger partial charge in [0.2, 0.25) is 5.91 Å². The molecule has 1 atom stereocenters. The van der Waals surface area contributed by atoms with E-state index < -0.39 is 9.84 Å². The van der Waals surface area contributed by atoms with E-state index in [1.54, 1.807) is 31.2 Å². The number of aryl methyl sites for hydroxylation is 1. The van der Waals surface area contributed by atoms with Gasteiger partial charge in [-0.25, -0.2) is 13.4 Å². The zero-order valence-corrected chi connectivity index (χ0v) is 17.5. The molecule has 1 aliphatic rings. The van der Waals surface area contributed by atoms with Crippen molar-refractivity contribution >= 4 is 15.7 Å². The Morgan fingerprint density at radius 2 is 2.00 bits per heavy atom. The van der Waals surface area contributed by atoms with E-state index in [0.717, 1.165) is 22.4 Å². The molecule has 2 heterocycles. The van der Waals surface area contributed by atoms with Crippen LogP contribution in [-0.4, -0.2) is 48.4 Å². The summed E-state index contributed by atoms with van der Waals surface area (Å²) in [7, 11) is -3.24. The Labute approximate surface area is 174 Å². The van der Waals surface area contributed by atoms with Gasteiger partial charge in [-0.1, -0.05) is 30.3 Å². The topological polar surface area (TPSA) is 114 Å². The number of benzene rings is 2. The predicted octanol–water partition coefficient (Wildman–Crippen LogP) is 1.85. The quantitative estimate of drug-likeness (QED) is 0.622. The Bertz CT molecular complexity index is 1190. The van der Waals surface area contributed by atoms with Gasteiger partial charge in [-0.2, -0.15) is 5.10 Å². The van der Waals surface area contributed by atoms with Crippen LogP contribution in [0.4, 0.5) is 0 Å². The summed E-state index contributed by atoms with van der Waals surface area (Å²) in [6, 6.07) is 12.7. The Hall–Kier alpha value is -3.20. The molecule has 4 rings (SSSR count). The van der Waals surface area contributed by atoms with Crippen LogP contribution in [0.2, 0.25) is 0 Å². The van der Waals surface area contributed by atoms with Crippen LogP contribution in [0.5, 0.6) is 5.75 Å². The van der Waals surface area contributed by atoms with Gasteiger partial charge in [-0.3, -0.25) is 9.89 Å². The SMILES string of the molecule is Cc1nc(CC(=O)NCC2Cc3cccc(-c4ccc(S(C)(=O)=O)cc4)c3O2)n[nH]1. The van der Waals surface area contributed by atoms with Crippen LogP contribution in [0.3, 0.4) is 0 Å². The van der Waals surface area contributed by atoms with Crippen molar-refractivity contribution in [3.05, 3.63) is 59.7 Å². The largest absolute Gasteiger partial charge is 0.487 e. The second-order valence-corrected chi connectivity index (χ2v) is 9.37. The first kappa shape index (κ1) is 20.1. The number of nitrogens with zero attached hydrogens (tertiary/aromatic N) is 2. The summed E-state index contributed by atoms with van der Waals surface area (Å²) in [5.74, 6) is 1.74. The van der Waals surface area contributed by atoms with Crippen molar-refractivity contribution < 1.29 is 17.9 Å². The van der Waals surface area contributed by atoms with Gasteiger partial charge in [-0.15, -0.1) is 0 Å². The molecule has 156 valence electrons. The molecule has 3 aromatic rings. The Kier molecular flexibility index (Phi) is 5.29. The lowest BCUT2D eigenvalue weighted by Gasteiger charge is -2.13. The maximum atomic E-state index is 12.1. The molecule has 2 aromatic carbocycles. The number of sulfone groups is 1. The first-order valence-corrected chi connectivity index (χ1v) is 11.4. The molecule has 1 aromatic heterocycles. The minimum atomic E-state index is -3.24. The van der Waals surface area contributed by atoms with Crippen molar-refractivity contribution in [1.29, 1.82) is 0 Å². The number of rotatable bonds is 6. The number of carbonyl (C=O) groups is 1. The molecular weight excluding hydrogens is 404 g/mol. The second-order valence-electron chi connectivity index (χ2n) is 7.35. The van der Waals surface area contributed by atoms with Gasteiger partial charge >= 0.3 is 0 Å². The molecule has 1 aliphatic heterocycles. The molecule has 0 saturated carbocycles. The average Bonchev–Trinajstić information content (AvgIpc) is 3.31. The summed E-state index contributed by atoms with van der Waals surface area (Å²) < 4.78 is 29.5. The molecule has 0 spiro atoms. The smallest absolute Gasteiger partial charge is 0.227 e. The molecule has 0 bridgehead atoms. The number of hydrogen-bond acceptors (Lipinski definition) is 6. The van der Waals surface area contributed by atoms with E-state index in [-0.39, 0.29) is 23.3 Å². The average molecular weight is 426 g/mol. The standard InChI is InChI=1S/C21H22N4O4S/c1-13-23-19(25-24-13)11-20(26)22-12-16-10-15-4-3-5-18(21(15)29-16)14-6-8-17(9-7-14)30(2,27)28/h3-9,16H,10-12H2,1-2H3,(H,22,26)(H,23,24,25). The summed E-state index contributed by atoms with van der Waals surface area (Å²) in [6.07, 6.45) is 1.81. The maximum Gasteiger partial charge on any atom is 0.227 e. The van der Waals surface area contributed by atoms with Gasteiger partial charge in [0.15, 0.2) is 15.7 Å². The number of hydrogen-bond donors (Lipinski definition) is 2.